The van der Waals surface area contributed by atoms with Crippen molar-refractivity contribution in [1.82, 2.24) is 10.1 Å². The van der Waals surface area contributed by atoms with E-state index in [0.29, 0.717) is 24.7 Å². The van der Waals surface area contributed by atoms with Gasteiger partial charge >= 0.3 is 0 Å². The number of nitrogens with zero attached hydrogens (tertiary/aromatic N) is 2. The molecule has 0 bridgehead atoms. The van der Waals surface area contributed by atoms with Gasteiger partial charge in [-0.15, -0.1) is 0 Å². The first-order chi connectivity index (χ1) is 9.22. The maximum Gasteiger partial charge on any atom is 0.231 e. The summed E-state index contributed by atoms with van der Waals surface area (Å²) in [5.74, 6) is 1.81. The smallest absolute Gasteiger partial charge is 0.231 e. The minimum absolute atomic E-state index is 0.363. The van der Waals surface area contributed by atoms with E-state index in [9.17, 15) is 0 Å². The number of aromatic nitrogens is 2. The van der Waals surface area contributed by atoms with E-state index in [2.05, 4.69) is 10.1 Å². The van der Waals surface area contributed by atoms with Gasteiger partial charge in [0.1, 0.15) is 5.75 Å². The molecule has 0 saturated carbocycles. The van der Waals surface area contributed by atoms with Crippen LogP contribution >= 0.6 is 0 Å². The minimum Gasteiger partial charge on any atom is -0.497 e. The fourth-order valence-corrected chi connectivity index (χ4v) is 1.66. The standard InChI is InChI=1S/C13H17N3O3/c1-17-8-11(14)13-15-12(19-16-13)7-9-3-5-10(18-2)6-4-9/h3-6,11H,7-8,14H2,1-2H3. The molecule has 0 radical (unpaired) electrons. The molecule has 0 saturated heterocycles. The van der Waals surface area contributed by atoms with Crippen molar-refractivity contribution in [1.29, 1.82) is 0 Å². The van der Waals surface area contributed by atoms with Crippen molar-refractivity contribution in [3.63, 3.8) is 0 Å². The van der Waals surface area contributed by atoms with Gasteiger partial charge in [-0.05, 0) is 17.7 Å². The minimum atomic E-state index is -0.363. The van der Waals surface area contributed by atoms with Gasteiger partial charge in [0.25, 0.3) is 0 Å². The highest BCUT2D eigenvalue weighted by Gasteiger charge is 2.14. The third-order valence-electron chi connectivity index (χ3n) is 2.68. The van der Waals surface area contributed by atoms with Crippen LogP contribution in [-0.2, 0) is 11.2 Å². The summed E-state index contributed by atoms with van der Waals surface area (Å²) in [6, 6.07) is 7.33. The Morgan fingerprint density at radius 2 is 2.00 bits per heavy atom. The average Bonchev–Trinajstić information content (AvgIpc) is 2.88. The van der Waals surface area contributed by atoms with Gasteiger partial charge in [0, 0.05) is 7.11 Å². The van der Waals surface area contributed by atoms with Crippen LogP contribution in [0.5, 0.6) is 5.75 Å². The van der Waals surface area contributed by atoms with Crippen LogP contribution in [0.2, 0.25) is 0 Å². The van der Waals surface area contributed by atoms with E-state index in [1.54, 1.807) is 14.2 Å². The van der Waals surface area contributed by atoms with Crippen molar-refractivity contribution < 1.29 is 14.0 Å². The van der Waals surface area contributed by atoms with Crippen LogP contribution in [0, 0.1) is 0 Å². The fraction of sp³-hybridized carbons (Fsp3) is 0.385. The zero-order valence-corrected chi connectivity index (χ0v) is 11.0. The first-order valence-corrected chi connectivity index (χ1v) is 5.93. The summed E-state index contributed by atoms with van der Waals surface area (Å²) < 4.78 is 15.2. The first-order valence-electron chi connectivity index (χ1n) is 5.93. The molecule has 1 aromatic heterocycles. The summed E-state index contributed by atoms with van der Waals surface area (Å²) in [4.78, 5) is 4.25. The molecule has 19 heavy (non-hydrogen) atoms. The zero-order valence-electron chi connectivity index (χ0n) is 11.0. The molecule has 0 aliphatic carbocycles. The SMILES string of the molecule is COCC(N)c1noc(Cc2ccc(OC)cc2)n1. The van der Waals surface area contributed by atoms with Crippen LogP contribution in [0.15, 0.2) is 28.8 Å². The van der Waals surface area contributed by atoms with Crippen LogP contribution in [-0.4, -0.2) is 31.0 Å². The van der Waals surface area contributed by atoms with E-state index in [1.165, 1.54) is 0 Å². The highest BCUT2D eigenvalue weighted by molar-refractivity contribution is 5.28. The van der Waals surface area contributed by atoms with E-state index >= 15 is 0 Å². The molecule has 1 heterocycles. The predicted molar refractivity (Wildman–Crippen MR) is 68.9 cm³/mol. The highest BCUT2D eigenvalue weighted by Crippen LogP contribution is 2.15. The number of rotatable bonds is 6. The second-order valence-corrected chi connectivity index (χ2v) is 4.13. The van der Waals surface area contributed by atoms with Crippen LogP contribution in [0.3, 0.4) is 0 Å². The lowest BCUT2D eigenvalue weighted by Gasteiger charge is -2.03. The van der Waals surface area contributed by atoms with Crippen molar-refractivity contribution in [2.75, 3.05) is 20.8 Å². The molecule has 1 atom stereocenters. The molecule has 0 fully saturated rings. The van der Waals surface area contributed by atoms with Gasteiger partial charge in [-0.25, -0.2) is 0 Å². The van der Waals surface area contributed by atoms with E-state index < -0.39 is 0 Å². The molecular weight excluding hydrogens is 246 g/mol. The molecular formula is C13H17N3O3. The Balaban J connectivity index is 2.02. The van der Waals surface area contributed by atoms with Crippen LogP contribution < -0.4 is 10.5 Å². The predicted octanol–water partition coefficient (Wildman–Crippen LogP) is 1.32. The Kier molecular flexibility index (Phi) is 4.48. The maximum atomic E-state index is 5.82. The molecule has 6 nitrogen and oxygen atoms in total. The van der Waals surface area contributed by atoms with Crippen LogP contribution in [0.1, 0.15) is 23.3 Å². The number of benzene rings is 1. The van der Waals surface area contributed by atoms with Crippen LogP contribution in [0.4, 0.5) is 0 Å². The highest BCUT2D eigenvalue weighted by atomic mass is 16.5. The van der Waals surface area contributed by atoms with Crippen molar-refractivity contribution in [3.05, 3.63) is 41.5 Å². The largest absolute Gasteiger partial charge is 0.497 e. The third kappa shape index (κ3) is 3.52. The molecule has 1 aromatic carbocycles. The fourth-order valence-electron chi connectivity index (χ4n) is 1.66. The number of hydrogen-bond acceptors (Lipinski definition) is 6. The van der Waals surface area contributed by atoms with E-state index in [-0.39, 0.29) is 6.04 Å². The monoisotopic (exact) mass is 263 g/mol. The Hall–Kier alpha value is -1.92. The first kappa shape index (κ1) is 13.5. The Morgan fingerprint density at radius 3 is 2.63 bits per heavy atom. The number of hydrogen-bond donors (Lipinski definition) is 1. The van der Waals surface area contributed by atoms with E-state index in [4.69, 9.17) is 19.7 Å². The molecule has 0 spiro atoms. The van der Waals surface area contributed by atoms with Crippen molar-refractivity contribution in [2.24, 2.45) is 5.73 Å². The average molecular weight is 263 g/mol. The molecule has 0 aliphatic rings. The third-order valence-corrected chi connectivity index (χ3v) is 2.68. The Labute approximate surface area is 111 Å². The van der Waals surface area contributed by atoms with Gasteiger partial charge in [-0.1, -0.05) is 17.3 Å². The second kappa shape index (κ2) is 6.31. The summed E-state index contributed by atoms with van der Waals surface area (Å²) in [7, 11) is 3.22. The van der Waals surface area contributed by atoms with Gasteiger partial charge in [0.2, 0.25) is 5.89 Å². The summed E-state index contributed by atoms with van der Waals surface area (Å²) >= 11 is 0. The molecule has 102 valence electrons. The lowest BCUT2D eigenvalue weighted by molar-refractivity contribution is 0.177. The maximum absolute atomic E-state index is 5.82. The molecule has 2 rings (SSSR count). The Morgan fingerprint density at radius 1 is 1.26 bits per heavy atom. The van der Waals surface area contributed by atoms with Gasteiger partial charge in [0.15, 0.2) is 5.82 Å². The molecule has 6 heteroatoms. The summed E-state index contributed by atoms with van der Waals surface area (Å²) in [5.41, 5.74) is 6.89. The number of nitrogens with two attached hydrogens (primary N) is 1. The lowest BCUT2D eigenvalue weighted by Crippen LogP contribution is -2.17. The van der Waals surface area contributed by atoms with Gasteiger partial charge < -0.3 is 19.7 Å². The molecule has 0 aliphatic heterocycles. The van der Waals surface area contributed by atoms with E-state index in [0.717, 1.165) is 11.3 Å². The van der Waals surface area contributed by atoms with Crippen molar-refractivity contribution in [2.45, 2.75) is 12.5 Å². The molecule has 0 amide bonds. The number of ether oxygens (including phenoxy) is 2. The molecule has 1 unspecified atom stereocenters. The topological polar surface area (TPSA) is 83.4 Å². The summed E-state index contributed by atoms with van der Waals surface area (Å²) in [6.45, 7) is 0.363. The van der Waals surface area contributed by atoms with Gasteiger partial charge in [0.05, 0.1) is 26.2 Å². The van der Waals surface area contributed by atoms with Crippen LogP contribution in [0.25, 0.3) is 0 Å². The normalized spacial score (nSPS) is 12.4. The zero-order chi connectivity index (χ0) is 13.7. The van der Waals surface area contributed by atoms with E-state index in [1.807, 2.05) is 24.3 Å². The van der Waals surface area contributed by atoms with Gasteiger partial charge in [-0.2, -0.15) is 4.98 Å². The van der Waals surface area contributed by atoms with Gasteiger partial charge in [-0.3, -0.25) is 0 Å². The van der Waals surface area contributed by atoms with Crippen molar-refractivity contribution >= 4 is 0 Å². The van der Waals surface area contributed by atoms with Crippen molar-refractivity contribution in [3.8, 4) is 5.75 Å². The molecule has 2 N–H and O–H groups in total. The Bertz CT molecular complexity index is 510. The summed E-state index contributed by atoms with van der Waals surface area (Å²) in [5, 5.41) is 3.85. The lowest BCUT2D eigenvalue weighted by atomic mass is 10.1. The molecule has 2 aromatic rings. The quantitative estimate of drug-likeness (QED) is 0.846. The second-order valence-electron chi connectivity index (χ2n) is 4.13. The summed E-state index contributed by atoms with van der Waals surface area (Å²) in [6.07, 6.45) is 0.566. The number of methoxy groups -OCH3 is 2.